The zero-order valence-electron chi connectivity index (χ0n) is 27.7. The zero-order valence-corrected chi connectivity index (χ0v) is 28.6. The Morgan fingerprint density at radius 3 is 2.16 bits per heavy atom. The lowest BCUT2D eigenvalue weighted by Crippen LogP contribution is -2.63. The van der Waals surface area contributed by atoms with Crippen LogP contribution in [0.2, 0.25) is 0 Å². The van der Waals surface area contributed by atoms with Crippen LogP contribution in [0.15, 0.2) is 59.1 Å². The third-order valence-electron chi connectivity index (χ3n) is 9.45. The average molecular weight is 712 g/mol. The van der Waals surface area contributed by atoms with Crippen molar-refractivity contribution < 1.29 is 43.5 Å². The van der Waals surface area contributed by atoms with Crippen LogP contribution in [0.1, 0.15) is 31.4 Å². The summed E-state index contributed by atoms with van der Waals surface area (Å²) in [5, 5.41) is 32.2. The second kappa shape index (κ2) is 14.0. The molecule has 8 atom stereocenters. The summed E-state index contributed by atoms with van der Waals surface area (Å²) in [5.41, 5.74) is 1.79. The maximum absolute atomic E-state index is 13.4. The number of epoxide rings is 1. The van der Waals surface area contributed by atoms with Crippen molar-refractivity contribution in [1.29, 1.82) is 0 Å². The van der Waals surface area contributed by atoms with Crippen LogP contribution in [-0.2, 0) is 37.0 Å². The van der Waals surface area contributed by atoms with Crippen LogP contribution in [0.4, 0.5) is 16.2 Å². The number of aliphatic hydroxyl groups is 1. The van der Waals surface area contributed by atoms with Crippen LogP contribution in [0.25, 0.3) is 0 Å². The molecular formula is C33H37N5O11S. The SMILES string of the molecule is C[C@@H](O)[C@H]1C(=O)N2C(C3OC3OCc3ccc([N+](=O)[O-])cc3)=C(S[C@H]3C[C@@H](C(=O)N(C)C)N(C(=O)OCc4ccc([N+](=O)[O-])cc4)C3)[C@H](C)[C@H]12. The number of likely N-dealkylation sites (N-methyl/N-ethyl adjacent to an activating group) is 1. The van der Waals surface area contributed by atoms with Crippen molar-refractivity contribution in [2.45, 2.75) is 69.3 Å². The summed E-state index contributed by atoms with van der Waals surface area (Å²) in [6, 6.07) is 10.5. The van der Waals surface area contributed by atoms with E-state index in [-0.39, 0.29) is 60.2 Å². The minimum absolute atomic E-state index is 0.0335. The second-order valence-electron chi connectivity index (χ2n) is 13.0. The number of rotatable bonds is 12. The Balaban J connectivity index is 1.18. The number of thioether (sulfide) groups is 1. The van der Waals surface area contributed by atoms with Crippen LogP contribution in [0, 0.1) is 32.1 Å². The molecule has 2 aromatic carbocycles. The first-order valence-electron chi connectivity index (χ1n) is 16.1. The molecule has 50 heavy (non-hydrogen) atoms. The first-order chi connectivity index (χ1) is 23.8. The maximum atomic E-state index is 13.4. The van der Waals surface area contributed by atoms with Gasteiger partial charge in [0, 0.05) is 61.0 Å². The van der Waals surface area contributed by atoms with Crippen molar-refractivity contribution in [1.82, 2.24) is 14.7 Å². The number of hydrogen-bond acceptors (Lipinski definition) is 12. The summed E-state index contributed by atoms with van der Waals surface area (Å²) in [4.78, 5) is 66.3. The van der Waals surface area contributed by atoms with Gasteiger partial charge in [0.1, 0.15) is 12.6 Å². The topological polar surface area (TPSA) is 198 Å². The number of likely N-dealkylation sites (tertiary alicyclic amines) is 1. The predicted octanol–water partition coefficient (Wildman–Crippen LogP) is 3.41. The monoisotopic (exact) mass is 711 g/mol. The number of aliphatic hydroxyl groups excluding tert-OH is 1. The van der Waals surface area contributed by atoms with Crippen LogP contribution in [-0.4, -0.2) is 104 Å². The van der Waals surface area contributed by atoms with Gasteiger partial charge in [-0.25, -0.2) is 4.79 Å². The van der Waals surface area contributed by atoms with E-state index in [4.69, 9.17) is 14.2 Å². The van der Waals surface area contributed by atoms with E-state index in [1.165, 1.54) is 58.0 Å². The quantitative estimate of drug-likeness (QED) is 0.146. The van der Waals surface area contributed by atoms with Gasteiger partial charge in [-0.2, -0.15) is 0 Å². The van der Waals surface area contributed by atoms with E-state index in [9.17, 15) is 39.7 Å². The Morgan fingerprint density at radius 1 is 1.04 bits per heavy atom. The number of nitro groups is 2. The van der Waals surface area contributed by atoms with Crippen molar-refractivity contribution in [2.24, 2.45) is 11.8 Å². The van der Waals surface area contributed by atoms with Gasteiger partial charge in [0.2, 0.25) is 11.8 Å². The lowest BCUT2D eigenvalue weighted by Gasteiger charge is -2.47. The van der Waals surface area contributed by atoms with E-state index in [1.807, 2.05) is 6.92 Å². The highest BCUT2D eigenvalue weighted by Crippen LogP contribution is 2.56. The Hall–Kier alpha value is -4.58. The lowest BCUT2D eigenvalue weighted by atomic mass is 9.79. The largest absolute Gasteiger partial charge is 0.445 e. The number of fused-ring (bicyclic) bond motifs is 1. The summed E-state index contributed by atoms with van der Waals surface area (Å²) < 4.78 is 17.4. The van der Waals surface area contributed by atoms with Crippen molar-refractivity contribution in [3.63, 3.8) is 0 Å². The summed E-state index contributed by atoms with van der Waals surface area (Å²) in [6.07, 6.45) is -2.47. The van der Waals surface area contributed by atoms with E-state index in [0.29, 0.717) is 23.2 Å². The maximum Gasteiger partial charge on any atom is 0.410 e. The molecule has 266 valence electrons. The van der Waals surface area contributed by atoms with Gasteiger partial charge in [0.05, 0.1) is 40.2 Å². The molecule has 0 aliphatic carbocycles. The molecule has 16 nitrogen and oxygen atoms in total. The van der Waals surface area contributed by atoms with E-state index < -0.39 is 46.4 Å². The fourth-order valence-corrected chi connectivity index (χ4v) is 8.40. The number of nitrogens with zero attached hydrogens (tertiary/aromatic N) is 5. The molecule has 4 aliphatic rings. The van der Waals surface area contributed by atoms with Gasteiger partial charge in [-0.05, 0) is 48.7 Å². The third-order valence-corrected chi connectivity index (χ3v) is 11.0. The molecular weight excluding hydrogens is 674 g/mol. The van der Waals surface area contributed by atoms with Crippen LogP contribution >= 0.6 is 11.8 Å². The second-order valence-corrected chi connectivity index (χ2v) is 14.4. The number of ether oxygens (including phenoxy) is 3. The first kappa shape index (κ1) is 35.3. The normalized spacial score (nSPS) is 27.5. The highest BCUT2D eigenvalue weighted by atomic mass is 32.2. The molecule has 4 aliphatic heterocycles. The van der Waals surface area contributed by atoms with E-state index in [1.54, 1.807) is 38.1 Å². The van der Waals surface area contributed by atoms with E-state index in [2.05, 4.69) is 0 Å². The number of nitro benzene ring substituents is 2. The summed E-state index contributed by atoms with van der Waals surface area (Å²) >= 11 is 1.48. The van der Waals surface area contributed by atoms with Crippen LogP contribution in [0.3, 0.4) is 0 Å². The number of β-lactam (4-membered cyclic amide) rings is 1. The smallest absolute Gasteiger partial charge is 0.410 e. The molecule has 6 rings (SSSR count). The number of hydrogen-bond donors (Lipinski definition) is 1. The fourth-order valence-electron chi connectivity index (χ4n) is 6.84. The molecule has 0 bridgehead atoms. The van der Waals surface area contributed by atoms with Crippen LogP contribution < -0.4 is 0 Å². The lowest BCUT2D eigenvalue weighted by molar-refractivity contribution is -0.385. The van der Waals surface area contributed by atoms with Gasteiger partial charge in [0.25, 0.3) is 11.4 Å². The van der Waals surface area contributed by atoms with Gasteiger partial charge < -0.3 is 29.1 Å². The first-order valence-corrected chi connectivity index (χ1v) is 16.9. The van der Waals surface area contributed by atoms with E-state index in [0.717, 1.165) is 4.91 Å². The van der Waals surface area contributed by atoms with Gasteiger partial charge in [-0.1, -0.05) is 6.92 Å². The van der Waals surface area contributed by atoms with Gasteiger partial charge >= 0.3 is 6.09 Å². The Morgan fingerprint density at radius 2 is 1.62 bits per heavy atom. The van der Waals surface area contributed by atoms with Gasteiger partial charge in [0.15, 0.2) is 12.4 Å². The molecule has 3 amide bonds. The third kappa shape index (κ3) is 6.77. The van der Waals surface area contributed by atoms with Crippen molar-refractivity contribution in [3.05, 3.63) is 90.5 Å². The number of non-ortho nitro benzene ring substituents is 2. The van der Waals surface area contributed by atoms with Crippen molar-refractivity contribution in [2.75, 3.05) is 20.6 Å². The predicted molar refractivity (Wildman–Crippen MR) is 177 cm³/mol. The van der Waals surface area contributed by atoms with Crippen LogP contribution in [0.5, 0.6) is 0 Å². The minimum Gasteiger partial charge on any atom is -0.445 e. The highest BCUT2D eigenvalue weighted by Gasteiger charge is 2.63. The molecule has 0 spiro atoms. The molecule has 0 radical (unpaired) electrons. The Labute approximate surface area is 291 Å². The molecule has 3 fully saturated rings. The molecule has 1 N–H and O–H groups in total. The number of benzene rings is 2. The molecule has 0 saturated carbocycles. The molecule has 0 aromatic heterocycles. The summed E-state index contributed by atoms with van der Waals surface area (Å²) in [7, 11) is 3.22. The Bertz CT molecular complexity index is 1720. The summed E-state index contributed by atoms with van der Waals surface area (Å²) in [6.45, 7) is 3.75. The highest BCUT2D eigenvalue weighted by molar-refractivity contribution is 8.03. The van der Waals surface area contributed by atoms with Gasteiger partial charge in [-0.15, -0.1) is 11.8 Å². The zero-order chi connectivity index (χ0) is 36.0. The Kier molecular flexibility index (Phi) is 9.85. The fraction of sp³-hybridized carbons (Fsp3) is 0.485. The minimum atomic E-state index is -0.860. The molecule has 2 unspecified atom stereocenters. The van der Waals surface area contributed by atoms with E-state index >= 15 is 0 Å². The standard InChI is InChI=1S/C33H37N5O11S/c1-17-26-25(18(2)39)31(41)36(26)27(28-32(49-28)47-15-19-5-9-21(10-6-19)37(43)44)29(17)50-23-13-24(30(40)34(3)4)35(14-23)33(42)48-16-20-7-11-22(12-8-20)38(45)46/h5-12,17-18,23-26,28,32,39H,13-16H2,1-4H3/t17-,18-,23+,24+,25-,26-,28?,32?/m1/s1. The number of amides is 3. The molecule has 17 heteroatoms. The summed E-state index contributed by atoms with van der Waals surface area (Å²) in [5.74, 6) is -1.24. The van der Waals surface area contributed by atoms with Gasteiger partial charge in [-0.3, -0.25) is 34.7 Å². The van der Waals surface area contributed by atoms with Crippen molar-refractivity contribution >= 4 is 41.0 Å². The molecule has 4 heterocycles. The number of carbonyl (C=O) groups excluding carboxylic acids is 3. The number of carbonyl (C=O) groups is 3. The molecule has 2 aromatic rings. The average Bonchev–Trinajstić information content (AvgIpc) is 3.65. The van der Waals surface area contributed by atoms with Crippen molar-refractivity contribution in [3.8, 4) is 0 Å². The molecule has 3 saturated heterocycles.